The second-order valence-corrected chi connectivity index (χ2v) is 3.53. The summed E-state index contributed by atoms with van der Waals surface area (Å²) in [6.45, 7) is 4.63. The van der Waals surface area contributed by atoms with Crippen molar-refractivity contribution in [2.75, 3.05) is 19.0 Å². The van der Waals surface area contributed by atoms with Crippen molar-refractivity contribution in [1.82, 2.24) is 5.32 Å². The van der Waals surface area contributed by atoms with Gasteiger partial charge in [0.15, 0.2) is 0 Å². The highest BCUT2D eigenvalue weighted by atomic mass is 35.5. The Bertz CT molecular complexity index is 89.3. The highest BCUT2D eigenvalue weighted by Gasteiger charge is 2.18. The highest BCUT2D eigenvalue weighted by Crippen LogP contribution is 2.22. The normalized spacial score (nSPS) is 24.6. The van der Waals surface area contributed by atoms with Crippen molar-refractivity contribution in [2.45, 2.75) is 19.8 Å². The van der Waals surface area contributed by atoms with Crippen LogP contribution in [0.1, 0.15) is 19.8 Å². The number of piperidine rings is 1. The first-order valence-corrected chi connectivity index (χ1v) is 4.64. The lowest BCUT2D eigenvalue weighted by Gasteiger charge is -2.26. The molecule has 2 heteroatoms. The molecule has 1 fully saturated rings. The molecule has 1 aliphatic heterocycles. The third-order valence-corrected chi connectivity index (χ3v) is 2.92. The highest BCUT2D eigenvalue weighted by molar-refractivity contribution is 6.18. The first kappa shape index (κ1) is 8.35. The summed E-state index contributed by atoms with van der Waals surface area (Å²) in [5.41, 5.74) is 0. The predicted octanol–water partition coefficient (Wildman–Crippen LogP) is 1.86. The van der Waals surface area contributed by atoms with Crippen LogP contribution in [0.5, 0.6) is 0 Å². The smallest absolute Gasteiger partial charge is 0.0251 e. The average molecular weight is 162 g/mol. The summed E-state index contributed by atoms with van der Waals surface area (Å²) in [6, 6.07) is 0. The third-order valence-electron chi connectivity index (χ3n) is 2.43. The molecule has 1 atom stereocenters. The number of nitrogens with one attached hydrogen (secondary N) is 1. The topological polar surface area (TPSA) is 12.0 Å². The van der Waals surface area contributed by atoms with Crippen molar-refractivity contribution in [3.8, 4) is 0 Å². The number of rotatable bonds is 2. The van der Waals surface area contributed by atoms with E-state index in [-0.39, 0.29) is 0 Å². The van der Waals surface area contributed by atoms with Crippen LogP contribution in [0.2, 0.25) is 0 Å². The second kappa shape index (κ2) is 4.20. The van der Waals surface area contributed by atoms with E-state index in [0.29, 0.717) is 5.92 Å². The number of hydrogen-bond donors (Lipinski definition) is 1. The molecule has 0 bridgehead atoms. The van der Waals surface area contributed by atoms with E-state index in [1.54, 1.807) is 0 Å². The summed E-state index contributed by atoms with van der Waals surface area (Å²) >= 11 is 5.76. The summed E-state index contributed by atoms with van der Waals surface area (Å²) in [5, 5.41) is 3.35. The van der Waals surface area contributed by atoms with Crippen molar-refractivity contribution < 1.29 is 0 Å². The molecule has 0 radical (unpaired) electrons. The quantitative estimate of drug-likeness (QED) is 0.610. The molecule has 1 heterocycles. The average Bonchev–Trinajstić information content (AvgIpc) is 2.05. The molecule has 0 aromatic rings. The van der Waals surface area contributed by atoms with Gasteiger partial charge in [-0.25, -0.2) is 0 Å². The predicted molar refractivity (Wildman–Crippen MR) is 45.5 cm³/mol. The van der Waals surface area contributed by atoms with E-state index >= 15 is 0 Å². The molecule has 1 N–H and O–H groups in total. The largest absolute Gasteiger partial charge is 0.317 e. The fraction of sp³-hybridized carbons (Fsp3) is 1.00. The van der Waals surface area contributed by atoms with Crippen LogP contribution in [0.15, 0.2) is 0 Å². The fourth-order valence-corrected chi connectivity index (χ4v) is 1.79. The molecule has 0 aliphatic carbocycles. The van der Waals surface area contributed by atoms with Crippen LogP contribution >= 0.6 is 11.6 Å². The molecule has 1 rings (SSSR count). The number of halogens is 1. The van der Waals surface area contributed by atoms with Gasteiger partial charge in [-0.3, -0.25) is 0 Å². The van der Waals surface area contributed by atoms with Gasteiger partial charge in [0.05, 0.1) is 0 Å². The second-order valence-electron chi connectivity index (χ2n) is 3.22. The molecule has 60 valence electrons. The molecule has 0 aromatic heterocycles. The molecule has 1 nitrogen and oxygen atoms in total. The van der Waals surface area contributed by atoms with Gasteiger partial charge in [-0.1, -0.05) is 6.92 Å². The maximum Gasteiger partial charge on any atom is 0.0251 e. The van der Waals surface area contributed by atoms with Gasteiger partial charge in [-0.05, 0) is 37.8 Å². The summed E-state index contributed by atoms with van der Waals surface area (Å²) in [6.07, 6.45) is 2.63. The Labute approximate surface area is 68.1 Å². The molecular formula is C8H16ClN. The minimum Gasteiger partial charge on any atom is -0.317 e. The van der Waals surface area contributed by atoms with Crippen molar-refractivity contribution in [2.24, 2.45) is 11.8 Å². The Morgan fingerprint density at radius 2 is 2.10 bits per heavy atom. The molecule has 1 unspecified atom stereocenters. The molecule has 0 spiro atoms. The van der Waals surface area contributed by atoms with Crippen LogP contribution in [0.3, 0.4) is 0 Å². The van der Waals surface area contributed by atoms with Crippen LogP contribution in [-0.2, 0) is 0 Å². The van der Waals surface area contributed by atoms with E-state index in [0.717, 1.165) is 11.8 Å². The molecule has 1 aliphatic rings. The molecule has 0 saturated carbocycles. The first-order chi connectivity index (χ1) is 4.84. The van der Waals surface area contributed by atoms with Gasteiger partial charge in [-0.2, -0.15) is 0 Å². The van der Waals surface area contributed by atoms with Gasteiger partial charge in [0.2, 0.25) is 0 Å². The van der Waals surface area contributed by atoms with Crippen LogP contribution in [0.25, 0.3) is 0 Å². The van der Waals surface area contributed by atoms with Crippen LogP contribution in [0.4, 0.5) is 0 Å². The van der Waals surface area contributed by atoms with Crippen molar-refractivity contribution in [1.29, 1.82) is 0 Å². The molecular weight excluding hydrogens is 146 g/mol. The Balaban J connectivity index is 2.24. The van der Waals surface area contributed by atoms with Gasteiger partial charge in [-0.15, -0.1) is 11.6 Å². The standard InChI is InChI=1S/C8H16ClN/c1-7(6-9)8-2-4-10-5-3-8/h7-8,10H,2-6H2,1H3. The SMILES string of the molecule is CC(CCl)C1CCNCC1. The monoisotopic (exact) mass is 161 g/mol. The van der Waals surface area contributed by atoms with E-state index in [1.807, 2.05) is 0 Å². The lowest BCUT2D eigenvalue weighted by atomic mass is 9.87. The van der Waals surface area contributed by atoms with Gasteiger partial charge in [0, 0.05) is 5.88 Å². The maximum absolute atomic E-state index is 5.76. The summed E-state index contributed by atoms with van der Waals surface area (Å²) in [4.78, 5) is 0. The zero-order chi connectivity index (χ0) is 7.40. The van der Waals surface area contributed by atoms with Gasteiger partial charge in [0.25, 0.3) is 0 Å². The van der Waals surface area contributed by atoms with Crippen molar-refractivity contribution >= 4 is 11.6 Å². The molecule has 1 saturated heterocycles. The third kappa shape index (κ3) is 2.14. The van der Waals surface area contributed by atoms with E-state index < -0.39 is 0 Å². The molecule has 10 heavy (non-hydrogen) atoms. The van der Waals surface area contributed by atoms with E-state index in [2.05, 4.69) is 12.2 Å². The zero-order valence-corrected chi connectivity index (χ0v) is 7.32. The minimum absolute atomic E-state index is 0.712. The first-order valence-electron chi connectivity index (χ1n) is 4.11. The molecule has 0 amide bonds. The molecule has 0 aromatic carbocycles. The Kier molecular flexibility index (Phi) is 3.50. The van der Waals surface area contributed by atoms with Gasteiger partial charge >= 0.3 is 0 Å². The van der Waals surface area contributed by atoms with Gasteiger partial charge in [0.1, 0.15) is 0 Å². The number of hydrogen-bond acceptors (Lipinski definition) is 1. The Hall–Kier alpha value is 0.250. The van der Waals surface area contributed by atoms with Crippen molar-refractivity contribution in [3.63, 3.8) is 0 Å². The summed E-state index contributed by atoms with van der Waals surface area (Å²) < 4.78 is 0. The van der Waals surface area contributed by atoms with Gasteiger partial charge < -0.3 is 5.32 Å². The van der Waals surface area contributed by atoms with E-state index in [1.165, 1.54) is 25.9 Å². The van der Waals surface area contributed by atoms with Crippen molar-refractivity contribution in [3.05, 3.63) is 0 Å². The summed E-state index contributed by atoms with van der Waals surface area (Å²) in [5.74, 6) is 2.41. The number of alkyl halides is 1. The lowest BCUT2D eigenvalue weighted by Crippen LogP contribution is -2.31. The van der Waals surface area contributed by atoms with E-state index in [4.69, 9.17) is 11.6 Å². The summed E-state index contributed by atoms with van der Waals surface area (Å²) in [7, 11) is 0. The van der Waals surface area contributed by atoms with Crippen LogP contribution in [0, 0.1) is 11.8 Å². The van der Waals surface area contributed by atoms with Crippen LogP contribution < -0.4 is 5.32 Å². The minimum atomic E-state index is 0.712. The zero-order valence-electron chi connectivity index (χ0n) is 6.57. The Morgan fingerprint density at radius 3 is 2.60 bits per heavy atom. The van der Waals surface area contributed by atoms with Crippen LogP contribution in [-0.4, -0.2) is 19.0 Å². The fourth-order valence-electron chi connectivity index (χ4n) is 1.54. The van der Waals surface area contributed by atoms with E-state index in [9.17, 15) is 0 Å². The Morgan fingerprint density at radius 1 is 1.50 bits per heavy atom. The maximum atomic E-state index is 5.76. The lowest BCUT2D eigenvalue weighted by molar-refractivity contribution is 0.294.